The first-order chi connectivity index (χ1) is 12.7. The summed E-state index contributed by atoms with van der Waals surface area (Å²) in [5.74, 6) is -0.231. The Kier molecular flexibility index (Phi) is 4.78. The Balaban J connectivity index is 1.69. The van der Waals surface area contributed by atoms with Gasteiger partial charge in [0.2, 0.25) is 5.43 Å². The molecule has 138 valence electrons. The number of nitrogens with zero attached hydrogens (tertiary/aromatic N) is 2. The molecular weight excluding hydrogens is 332 g/mol. The fraction of sp³-hybridized carbons (Fsp3) is 0.500. The molecule has 0 radical (unpaired) electrons. The molecular formula is C20H24N2O4. The number of hydrogen-bond acceptors (Lipinski definition) is 4. The van der Waals surface area contributed by atoms with Crippen LogP contribution >= 0.6 is 0 Å². The SMILES string of the molecule is COCCN(C[C@H]1CCCO1)C(=O)c1cn2c3c(cccc3c1=O)CC2. The van der Waals surface area contributed by atoms with Crippen LogP contribution in [-0.2, 0) is 22.4 Å². The van der Waals surface area contributed by atoms with Crippen LogP contribution in [-0.4, -0.2) is 54.9 Å². The van der Waals surface area contributed by atoms with E-state index in [1.807, 2.05) is 16.7 Å². The third-order valence-corrected chi connectivity index (χ3v) is 5.33. The molecule has 1 aromatic heterocycles. The monoisotopic (exact) mass is 356 g/mol. The van der Waals surface area contributed by atoms with Gasteiger partial charge in [-0.2, -0.15) is 0 Å². The van der Waals surface area contributed by atoms with E-state index >= 15 is 0 Å². The average Bonchev–Trinajstić information content (AvgIpc) is 3.31. The number of carbonyl (C=O) groups excluding carboxylic acids is 1. The molecule has 0 saturated carbocycles. The molecule has 1 saturated heterocycles. The number of para-hydroxylation sites is 1. The Labute approximate surface area is 152 Å². The summed E-state index contributed by atoms with van der Waals surface area (Å²) in [4.78, 5) is 27.9. The van der Waals surface area contributed by atoms with Gasteiger partial charge in [0.1, 0.15) is 5.56 Å². The molecule has 3 heterocycles. The minimum absolute atomic E-state index is 0.0424. The van der Waals surface area contributed by atoms with Crippen LogP contribution in [0.25, 0.3) is 10.9 Å². The first kappa shape index (κ1) is 17.2. The fourth-order valence-corrected chi connectivity index (χ4v) is 3.99. The van der Waals surface area contributed by atoms with Crippen LogP contribution < -0.4 is 5.43 Å². The Morgan fingerprint density at radius 1 is 1.42 bits per heavy atom. The van der Waals surface area contributed by atoms with Crippen molar-refractivity contribution in [1.82, 2.24) is 9.47 Å². The molecule has 0 unspecified atom stereocenters. The van der Waals surface area contributed by atoms with Crippen molar-refractivity contribution in [3.8, 4) is 0 Å². The molecule has 6 heteroatoms. The summed E-state index contributed by atoms with van der Waals surface area (Å²) < 4.78 is 12.9. The van der Waals surface area contributed by atoms with Gasteiger partial charge >= 0.3 is 0 Å². The predicted octanol–water partition coefficient (Wildman–Crippen LogP) is 1.83. The van der Waals surface area contributed by atoms with Gasteiger partial charge in [-0.25, -0.2) is 0 Å². The molecule has 0 N–H and O–H groups in total. The van der Waals surface area contributed by atoms with Gasteiger partial charge in [-0.1, -0.05) is 12.1 Å². The lowest BCUT2D eigenvalue weighted by molar-refractivity contribution is 0.0454. The lowest BCUT2D eigenvalue weighted by Crippen LogP contribution is -2.41. The van der Waals surface area contributed by atoms with Crippen molar-refractivity contribution >= 4 is 16.8 Å². The number of carbonyl (C=O) groups is 1. The Hall–Kier alpha value is -2.18. The van der Waals surface area contributed by atoms with Crippen molar-refractivity contribution in [2.75, 3.05) is 33.4 Å². The number of amides is 1. The van der Waals surface area contributed by atoms with Crippen molar-refractivity contribution < 1.29 is 14.3 Å². The lowest BCUT2D eigenvalue weighted by Gasteiger charge is -2.25. The van der Waals surface area contributed by atoms with Gasteiger partial charge in [0.05, 0.1) is 18.2 Å². The van der Waals surface area contributed by atoms with E-state index in [4.69, 9.17) is 9.47 Å². The molecule has 0 aliphatic carbocycles. The number of methoxy groups -OCH3 is 1. The number of pyridine rings is 1. The molecule has 2 aliphatic rings. The van der Waals surface area contributed by atoms with Crippen LogP contribution in [0.1, 0.15) is 28.8 Å². The highest BCUT2D eigenvalue weighted by Gasteiger charge is 2.27. The third-order valence-electron chi connectivity index (χ3n) is 5.33. The Morgan fingerprint density at radius 2 is 2.31 bits per heavy atom. The molecule has 0 bridgehead atoms. The van der Waals surface area contributed by atoms with E-state index in [1.165, 1.54) is 5.56 Å². The van der Waals surface area contributed by atoms with Crippen molar-refractivity contribution in [2.45, 2.75) is 31.9 Å². The Morgan fingerprint density at radius 3 is 3.08 bits per heavy atom. The molecule has 1 aromatic carbocycles. The maximum absolute atomic E-state index is 13.2. The second-order valence-electron chi connectivity index (χ2n) is 7.01. The maximum atomic E-state index is 13.2. The molecule has 0 spiro atoms. The standard InChI is InChI=1S/C20H24N2O4/c1-25-11-9-22(12-15-5-3-10-26-15)20(24)17-13-21-8-7-14-4-2-6-16(18(14)21)19(17)23/h2,4,6,13,15H,3,5,7-12H2,1H3/t15-/m1/s1. The smallest absolute Gasteiger partial charge is 0.259 e. The summed E-state index contributed by atoms with van der Waals surface area (Å²) in [6.45, 7) is 2.93. The van der Waals surface area contributed by atoms with E-state index in [9.17, 15) is 9.59 Å². The van der Waals surface area contributed by atoms with Crippen molar-refractivity contribution in [1.29, 1.82) is 0 Å². The van der Waals surface area contributed by atoms with Crippen molar-refractivity contribution in [3.05, 3.63) is 45.7 Å². The number of ether oxygens (including phenoxy) is 2. The molecule has 1 fully saturated rings. The highest BCUT2D eigenvalue weighted by molar-refractivity contribution is 5.98. The van der Waals surface area contributed by atoms with Gasteiger partial charge in [0, 0.05) is 44.9 Å². The number of rotatable bonds is 6. The predicted molar refractivity (Wildman–Crippen MR) is 98.7 cm³/mol. The maximum Gasteiger partial charge on any atom is 0.259 e. The molecule has 1 atom stereocenters. The molecule has 4 rings (SSSR count). The second-order valence-corrected chi connectivity index (χ2v) is 7.01. The minimum atomic E-state index is -0.231. The van der Waals surface area contributed by atoms with Gasteiger partial charge in [-0.15, -0.1) is 0 Å². The second kappa shape index (κ2) is 7.21. The normalized spacial score (nSPS) is 18.6. The van der Waals surface area contributed by atoms with Gasteiger partial charge in [-0.3, -0.25) is 9.59 Å². The molecule has 2 aliphatic heterocycles. The summed E-state index contributed by atoms with van der Waals surface area (Å²) >= 11 is 0. The number of benzene rings is 1. The average molecular weight is 356 g/mol. The van der Waals surface area contributed by atoms with E-state index in [1.54, 1.807) is 18.2 Å². The van der Waals surface area contributed by atoms with Gasteiger partial charge in [0.15, 0.2) is 0 Å². The van der Waals surface area contributed by atoms with Crippen LogP contribution in [0.15, 0.2) is 29.2 Å². The summed E-state index contributed by atoms with van der Waals surface area (Å²) in [6, 6.07) is 5.77. The van der Waals surface area contributed by atoms with E-state index in [0.717, 1.165) is 37.9 Å². The number of aryl methyl sites for hydroxylation is 2. The first-order valence-corrected chi connectivity index (χ1v) is 9.24. The van der Waals surface area contributed by atoms with Crippen LogP contribution in [0.5, 0.6) is 0 Å². The molecule has 2 aromatic rings. The molecule has 6 nitrogen and oxygen atoms in total. The zero-order valence-electron chi connectivity index (χ0n) is 15.1. The summed E-state index contributed by atoms with van der Waals surface area (Å²) in [5.41, 5.74) is 2.20. The van der Waals surface area contributed by atoms with Crippen LogP contribution in [0.3, 0.4) is 0 Å². The van der Waals surface area contributed by atoms with E-state index in [0.29, 0.717) is 25.1 Å². The van der Waals surface area contributed by atoms with Crippen LogP contribution in [0.4, 0.5) is 0 Å². The van der Waals surface area contributed by atoms with Crippen molar-refractivity contribution in [2.24, 2.45) is 0 Å². The first-order valence-electron chi connectivity index (χ1n) is 9.24. The largest absolute Gasteiger partial charge is 0.383 e. The van der Waals surface area contributed by atoms with Crippen LogP contribution in [0.2, 0.25) is 0 Å². The van der Waals surface area contributed by atoms with Gasteiger partial charge in [-0.05, 0) is 30.9 Å². The Bertz CT molecular complexity index is 883. The summed E-state index contributed by atoms with van der Waals surface area (Å²) in [5, 5.41) is 0.634. The summed E-state index contributed by atoms with van der Waals surface area (Å²) in [6.07, 6.45) is 4.64. The number of aromatic nitrogens is 1. The topological polar surface area (TPSA) is 60.8 Å². The molecule has 26 heavy (non-hydrogen) atoms. The summed E-state index contributed by atoms with van der Waals surface area (Å²) in [7, 11) is 1.61. The van der Waals surface area contributed by atoms with Crippen molar-refractivity contribution in [3.63, 3.8) is 0 Å². The highest BCUT2D eigenvalue weighted by Crippen LogP contribution is 2.24. The van der Waals surface area contributed by atoms with Gasteiger partial charge in [0.25, 0.3) is 5.91 Å². The van der Waals surface area contributed by atoms with Crippen LogP contribution in [0, 0.1) is 0 Å². The zero-order valence-corrected chi connectivity index (χ0v) is 15.1. The fourth-order valence-electron chi connectivity index (χ4n) is 3.99. The minimum Gasteiger partial charge on any atom is -0.383 e. The highest BCUT2D eigenvalue weighted by atomic mass is 16.5. The zero-order chi connectivity index (χ0) is 18.1. The third kappa shape index (κ3) is 3.04. The van der Waals surface area contributed by atoms with E-state index in [2.05, 4.69) is 6.07 Å². The number of hydrogen-bond donors (Lipinski definition) is 0. The van der Waals surface area contributed by atoms with E-state index in [-0.39, 0.29) is 23.0 Å². The quantitative estimate of drug-likeness (QED) is 0.792. The lowest BCUT2D eigenvalue weighted by atomic mass is 10.1. The molecule has 1 amide bonds. The van der Waals surface area contributed by atoms with E-state index < -0.39 is 0 Å². The van der Waals surface area contributed by atoms with Gasteiger partial charge < -0.3 is 18.9 Å².